The van der Waals surface area contributed by atoms with E-state index in [9.17, 15) is 13.2 Å². The van der Waals surface area contributed by atoms with Crippen LogP contribution < -0.4 is 10.6 Å². The number of thiophene rings is 1. The molecule has 2 fully saturated rings. The summed E-state index contributed by atoms with van der Waals surface area (Å²) < 4.78 is 27.2. The van der Waals surface area contributed by atoms with Crippen LogP contribution in [0.3, 0.4) is 0 Å². The molecule has 2 aliphatic heterocycles. The van der Waals surface area contributed by atoms with E-state index in [0.29, 0.717) is 29.8 Å². The minimum Gasteiger partial charge on any atom is -0.355 e. The van der Waals surface area contributed by atoms with Crippen molar-refractivity contribution in [2.75, 3.05) is 32.7 Å². The van der Waals surface area contributed by atoms with Gasteiger partial charge in [0.25, 0.3) is 10.0 Å². The van der Waals surface area contributed by atoms with Gasteiger partial charge in [0.1, 0.15) is 4.21 Å². The van der Waals surface area contributed by atoms with Crippen LogP contribution in [0.25, 0.3) is 0 Å². The standard InChI is InChI=1S/C17H27N3O3S2/c21-16(19-13-14-5-4-8-18-12-14)11-15-6-7-17(24-15)25(22,23)20-9-2-1-3-10-20/h6-7,14,18H,1-5,8-13H2,(H,19,21). The van der Waals surface area contributed by atoms with Crippen LogP contribution in [0.1, 0.15) is 37.0 Å². The number of carbonyl (C=O) groups excluding carboxylic acids is 1. The van der Waals surface area contributed by atoms with Crippen molar-refractivity contribution in [3.05, 3.63) is 17.0 Å². The van der Waals surface area contributed by atoms with Crippen molar-refractivity contribution >= 4 is 27.3 Å². The third-order valence-corrected chi connectivity index (χ3v) is 8.32. The summed E-state index contributed by atoms with van der Waals surface area (Å²) in [7, 11) is -3.39. The highest BCUT2D eigenvalue weighted by Crippen LogP contribution is 2.27. The van der Waals surface area contributed by atoms with E-state index in [4.69, 9.17) is 0 Å². The van der Waals surface area contributed by atoms with E-state index in [2.05, 4.69) is 10.6 Å². The van der Waals surface area contributed by atoms with E-state index in [1.54, 1.807) is 16.4 Å². The second-order valence-electron chi connectivity index (χ2n) is 6.88. The number of nitrogens with one attached hydrogen (secondary N) is 2. The molecular weight excluding hydrogens is 358 g/mol. The Morgan fingerprint density at radius 1 is 1.24 bits per heavy atom. The second-order valence-corrected chi connectivity index (χ2v) is 10.2. The normalized spacial score (nSPS) is 22.6. The molecule has 0 aromatic carbocycles. The minimum absolute atomic E-state index is 0.0330. The molecule has 3 rings (SSSR count). The zero-order valence-corrected chi connectivity index (χ0v) is 16.1. The monoisotopic (exact) mass is 385 g/mol. The Morgan fingerprint density at radius 3 is 2.76 bits per heavy atom. The molecule has 2 aliphatic rings. The molecule has 2 N–H and O–H groups in total. The maximum atomic E-state index is 12.6. The largest absolute Gasteiger partial charge is 0.355 e. The molecule has 0 bridgehead atoms. The van der Waals surface area contributed by atoms with Gasteiger partial charge in [0, 0.05) is 24.5 Å². The predicted molar refractivity (Wildman–Crippen MR) is 99.2 cm³/mol. The lowest BCUT2D eigenvalue weighted by atomic mass is 10.00. The van der Waals surface area contributed by atoms with Crippen LogP contribution in [0.5, 0.6) is 0 Å². The average molecular weight is 386 g/mol. The topological polar surface area (TPSA) is 78.5 Å². The molecule has 1 aromatic heterocycles. The van der Waals surface area contributed by atoms with Gasteiger partial charge in [0.05, 0.1) is 6.42 Å². The smallest absolute Gasteiger partial charge is 0.252 e. The van der Waals surface area contributed by atoms with E-state index in [0.717, 1.165) is 50.1 Å². The molecular formula is C17H27N3O3S2. The Balaban J connectivity index is 1.53. The summed E-state index contributed by atoms with van der Waals surface area (Å²) >= 11 is 1.22. The number of hydrogen-bond acceptors (Lipinski definition) is 5. The minimum atomic E-state index is -3.39. The van der Waals surface area contributed by atoms with Crippen LogP contribution in [-0.2, 0) is 21.2 Å². The summed E-state index contributed by atoms with van der Waals surface area (Å²) in [6, 6.07) is 3.41. The SMILES string of the molecule is O=C(Cc1ccc(S(=O)(=O)N2CCCCC2)s1)NCC1CCCNC1. The van der Waals surface area contributed by atoms with Crippen molar-refractivity contribution in [3.63, 3.8) is 0 Å². The Bertz CT molecular complexity index is 675. The maximum Gasteiger partial charge on any atom is 0.252 e. The van der Waals surface area contributed by atoms with E-state index < -0.39 is 10.0 Å². The number of nitrogens with zero attached hydrogens (tertiary/aromatic N) is 1. The van der Waals surface area contributed by atoms with Gasteiger partial charge in [0.15, 0.2) is 0 Å². The first-order valence-corrected chi connectivity index (χ1v) is 11.4. The van der Waals surface area contributed by atoms with Gasteiger partial charge in [-0.25, -0.2) is 8.42 Å². The van der Waals surface area contributed by atoms with Crippen LogP contribution in [0.4, 0.5) is 0 Å². The fraction of sp³-hybridized carbons (Fsp3) is 0.706. The Morgan fingerprint density at radius 2 is 2.04 bits per heavy atom. The van der Waals surface area contributed by atoms with E-state index in [1.165, 1.54) is 11.3 Å². The number of sulfonamides is 1. The van der Waals surface area contributed by atoms with Gasteiger partial charge >= 0.3 is 0 Å². The quantitative estimate of drug-likeness (QED) is 0.779. The Labute approximate surface area is 154 Å². The van der Waals surface area contributed by atoms with Crippen molar-refractivity contribution in [2.45, 2.75) is 42.7 Å². The molecule has 0 spiro atoms. The molecule has 0 radical (unpaired) electrons. The maximum absolute atomic E-state index is 12.6. The third kappa shape index (κ3) is 5.03. The Kier molecular flexibility index (Phi) is 6.49. The molecule has 1 unspecified atom stereocenters. The number of piperidine rings is 2. The van der Waals surface area contributed by atoms with Gasteiger partial charge in [-0.15, -0.1) is 11.3 Å². The fourth-order valence-electron chi connectivity index (χ4n) is 3.40. The third-order valence-electron chi connectivity index (χ3n) is 4.87. The summed E-state index contributed by atoms with van der Waals surface area (Å²) in [5.41, 5.74) is 0. The van der Waals surface area contributed by atoms with Crippen LogP contribution >= 0.6 is 11.3 Å². The lowest BCUT2D eigenvalue weighted by Gasteiger charge is -2.25. The van der Waals surface area contributed by atoms with Crippen LogP contribution in [0.15, 0.2) is 16.3 Å². The molecule has 8 heteroatoms. The summed E-state index contributed by atoms with van der Waals surface area (Å²) in [6.07, 6.45) is 5.50. The first-order chi connectivity index (χ1) is 12.1. The molecule has 140 valence electrons. The molecule has 0 saturated carbocycles. The van der Waals surface area contributed by atoms with Crippen molar-refractivity contribution in [3.8, 4) is 0 Å². The number of hydrogen-bond donors (Lipinski definition) is 2. The predicted octanol–water partition coefficient (Wildman–Crippen LogP) is 1.58. The zero-order chi connectivity index (χ0) is 17.7. The van der Waals surface area contributed by atoms with Gasteiger partial charge < -0.3 is 10.6 Å². The molecule has 1 atom stereocenters. The molecule has 0 aliphatic carbocycles. The fourth-order valence-corrected chi connectivity index (χ4v) is 6.43. The van der Waals surface area contributed by atoms with Crippen molar-refractivity contribution in [1.82, 2.24) is 14.9 Å². The first-order valence-electron chi connectivity index (χ1n) is 9.12. The molecule has 1 amide bonds. The lowest BCUT2D eigenvalue weighted by molar-refractivity contribution is -0.120. The molecule has 3 heterocycles. The van der Waals surface area contributed by atoms with Crippen LogP contribution in [0, 0.1) is 5.92 Å². The van der Waals surface area contributed by atoms with Crippen molar-refractivity contribution in [2.24, 2.45) is 5.92 Å². The van der Waals surface area contributed by atoms with Crippen molar-refractivity contribution in [1.29, 1.82) is 0 Å². The van der Waals surface area contributed by atoms with Gasteiger partial charge in [-0.05, 0) is 56.8 Å². The van der Waals surface area contributed by atoms with Crippen LogP contribution in [-0.4, -0.2) is 51.4 Å². The highest BCUT2D eigenvalue weighted by Gasteiger charge is 2.27. The van der Waals surface area contributed by atoms with Crippen molar-refractivity contribution < 1.29 is 13.2 Å². The van der Waals surface area contributed by atoms with Crippen LogP contribution in [0.2, 0.25) is 0 Å². The molecule has 6 nitrogen and oxygen atoms in total. The summed E-state index contributed by atoms with van der Waals surface area (Å²) in [4.78, 5) is 12.9. The van der Waals surface area contributed by atoms with E-state index in [1.807, 2.05) is 0 Å². The summed E-state index contributed by atoms with van der Waals surface area (Å²) in [5.74, 6) is 0.463. The average Bonchev–Trinajstić information content (AvgIpc) is 3.11. The lowest BCUT2D eigenvalue weighted by Crippen LogP contribution is -2.38. The highest BCUT2D eigenvalue weighted by molar-refractivity contribution is 7.91. The van der Waals surface area contributed by atoms with Gasteiger partial charge in [-0.3, -0.25) is 4.79 Å². The number of amides is 1. The Hall–Kier alpha value is -0.960. The van der Waals surface area contributed by atoms with E-state index >= 15 is 0 Å². The highest BCUT2D eigenvalue weighted by atomic mass is 32.2. The van der Waals surface area contributed by atoms with Gasteiger partial charge in [0.2, 0.25) is 5.91 Å². The first kappa shape index (κ1) is 18.8. The van der Waals surface area contributed by atoms with Gasteiger partial charge in [-0.2, -0.15) is 4.31 Å². The number of carbonyl (C=O) groups is 1. The molecule has 1 aromatic rings. The molecule has 2 saturated heterocycles. The zero-order valence-electron chi connectivity index (χ0n) is 14.5. The van der Waals surface area contributed by atoms with Gasteiger partial charge in [-0.1, -0.05) is 6.42 Å². The molecule has 25 heavy (non-hydrogen) atoms. The second kappa shape index (κ2) is 8.62. The number of rotatable bonds is 6. The summed E-state index contributed by atoms with van der Waals surface area (Å²) in [6.45, 7) is 3.92. The summed E-state index contributed by atoms with van der Waals surface area (Å²) in [5, 5.41) is 6.32. The van der Waals surface area contributed by atoms with E-state index in [-0.39, 0.29) is 12.3 Å².